The summed E-state index contributed by atoms with van der Waals surface area (Å²) in [5.41, 5.74) is 1.02. The Bertz CT molecular complexity index is 747. The molecule has 0 saturated carbocycles. The first-order valence-corrected chi connectivity index (χ1v) is 10.7. The molecule has 3 rings (SSSR count). The molecule has 2 aliphatic heterocycles. The molecule has 0 radical (unpaired) electrons. The summed E-state index contributed by atoms with van der Waals surface area (Å²) in [4.78, 5) is 15.2. The van der Waals surface area contributed by atoms with Crippen molar-refractivity contribution < 1.29 is 17.9 Å². The minimum Gasteiger partial charge on any atom is -0.375 e. The summed E-state index contributed by atoms with van der Waals surface area (Å²) in [7, 11) is -3.56. The number of ether oxygens (including phenoxy) is 1. The first kappa shape index (κ1) is 19.3. The Kier molecular flexibility index (Phi) is 5.69. The van der Waals surface area contributed by atoms with Crippen molar-refractivity contribution in [3.63, 3.8) is 0 Å². The Morgan fingerprint density at radius 2 is 1.85 bits per heavy atom. The molecular weight excluding hydrogens is 352 g/mol. The van der Waals surface area contributed by atoms with Gasteiger partial charge >= 0.3 is 0 Å². The normalized spacial score (nSPS) is 28.1. The Morgan fingerprint density at radius 3 is 2.54 bits per heavy atom. The summed E-state index contributed by atoms with van der Waals surface area (Å²) >= 11 is 0. The number of piperidine rings is 1. The van der Waals surface area contributed by atoms with Gasteiger partial charge in [0.05, 0.1) is 29.6 Å². The molecule has 3 unspecified atom stereocenters. The fourth-order valence-electron chi connectivity index (χ4n) is 3.67. The molecule has 0 aromatic heterocycles. The summed E-state index contributed by atoms with van der Waals surface area (Å²) in [6.07, 6.45) is 1.46. The van der Waals surface area contributed by atoms with Gasteiger partial charge < -0.3 is 9.64 Å². The van der Waals surface area contributed by atoms with E-state index in [0.29, 0.717) is 31.0 Å². The van der Waals surface area contributed by atoms with E-state index in [2.05, 4.69) is 0 Å². The Hall–Kier alpha value is -1.44. The largest absolute Gasteiger partial charge is 0.375 e. The van der Waals surface area contributed by atoms with Gasteiger partial charge in [0.25, 0.3) is 0 Å². The molecule has 7 heteroatoms. The van der Waals surface area contributed by atoms with Gasteiger partial charge in [-0.15, -0.1) is 0 Å². The van der Waals surface area contributed by atoms with Crippen molar-refractivity contribution >= 4 is 15.9 Å². The lowest BCUT2D eigenvalue weighted by atomic mass is 9.97. The molecule has 0 aliphatic carbocycles. The fraction of sp³-hybridized carbons (Fsp3) is 0.632. The number of rotatable bonds is 3. The molecule has 2 saturated heterocycles. The summed E-state index contributed by atoms with van der Waals surface area (Å²) < 4.78 is 33.0. The van der Waals surface area contributed by atoms with E-state index >= 15 is 0 Å². The number of hydrogen-bond donors (Lipinski definition) is 0. The maximum Gasteiger partial charge on any atom is 0.243 e. The summed E-state index contributed by atoms with van der Waals surface area (Å²) in [5.74, 6) is -0.229. The fourth-order valence-corrected chi connectivity index (χ4v) is 5.19. The van der Waals surface area contributed by atoms with Crippen LogP contribution in [-0.2, 0) is 19.6 Å². The van der Waals surface area contributed by atoms with Crippen LogP contribution in [0.2, 0.25) is 0 Å². The Morgan fingerprint density at radius 1 is 1.15 bits per heavy atom. The van der Waals surface area contributed by atoms with Crippen molar-refractivity contribution in [3.05, 3.63) is 29.8 Å². The highest BCUT2D eigenvalue weighted by Crippen LogP contribution is 2.26. The van der Waals surface area contributed by atoms with E-state index in [4.69, 9.17) is 4.74 Å². The van der Waals surface area contributed by atoms with Gasteiger partial charge in [-0.05, 0) is 45.7 Å². The maximum absolute atomic E-state index is 13.0. The van der Waals surface area contributed by atoms with Crippen LogP contribution in [0.4, 0.5) is 0 Å². The van der Waals surface area contributed by atoms with Gasteiger partial charge in [0.1, 0.15) is 0 Å². The molecule has 2 heterocycles. The predicted molar refractivity (Wildman–Crippen MR) is 99.3 cm³/mol. The van der Waals surface area contributed by atoms with Crippen LogP contribution in [0.5, 0.6) is 0 Å². The summed E-state index contributed by atoms with van der Waals surface area (Å²) in [5, 5.41) is 0. The number of benzene rings is 1. The molecule has 1 aromatic carbocycles. The molecule has 144 valence electrons. The van der Waals surface area contributed by atoms with Crippen LogP contribution in [0.1, 0.15) is 32.3 Å². The van der Waals surface area contributed by atoms with Crippen molar-refractivity contribution in [2.24, 2.45) is 5.92 Å². The zero-order valence-electron chi connectivity index (χ0n) is 15.7. The van der Waals surface area contributed by atoms with Crippen LogP contribution in [-0.4, -0.2) is 61.9 Å². The monoisotopic (exact) mass is 380 g/mol. The zero-order valence-corrected chi connectivity index (χ0v) is 16.5. The maximum atomic E-state index is 13.0. The lowest BCUT2D eigenvalue weighted by Crippen LogP contribution is -2.54. The smallest absolute Gasteiger partial charge is 0.243 e. The van der Waals surface area contributed by atoms with Crippen LogP contribution in [0.25, 0.3) is 0 Å². The molecule has 2 fully saturated rings. The average molecular weight is 381 g/mol. The molecule has 1 amide bonds. The number of aryl methyl sites for hydroxylation is 1. The van der Waals surface area contributed by atoms with Crippen molar-refractivity contribution in [2.45, 2.75) is 50.7 Å². The summed E-state index contributed by atoms with van der Waals surface area (Å²) in [6, 6.07) is 6.92. The minimum atomic E-state index is -3.56. The van der Waals surface area contributed by atoms with Gasteiger partial charge in [0.15, 0.2) is 0 Å². The quantitative estimate of drug-likeness (QED) is 0.805. The van der Waals surface area contributed by atoms with E-state index < -0.39 is 10.0 Å². The third-order valence-corrected chi connectivity index (χ3v) is 7.16. The number of sulfonamides is 1. The van der Waals surface area contributed by atoms with Gasteiger partial charge in [0, 0.05) is 19.6 Å². The molecule has 26 heavy (non-hydrogen) atoms. The van der Waals surface area contributed by atoms with E-state index in [-0.39, 0.29) is 30.5 Å². The van der Waals surface area contributed by atoms with E-state index in [1.807, 2.05) is 25.7 Å². The molecular formula is C19H28N2O4S. The zero-order chi connectivity index (χ0) is 18.9. The molecule has 0 spiro atoms. The van der Waals surface area contributed by atoms with E-state index in [1.165, 1.54) is 4.31 Å². The number of amides is 1. The topological polar surface area (TPSA) is 66.9 Å². The lowest BCUT2D eigenvalue weighted by molar-refractivity contribution is -0.148. The minimum absolute atomic E-state index is 0.0196. The average Bonchev–Trinajstić information content (AvgIpc) is 2.63. The SMILES string of the molecule is Cc1ccc(S(=O)(=O)N2CCCC(C(=O)N3CC(C)OCC3C)C2)cc1. The molecule has 0 N–H and O–H groups in total. The first-order valence-electron chi connectivity index (χ1n) is 9.28. The molecule has 3 atom stereocenters. The van der Waals surface area contributed by atoms with Crippen LogP contribution < -0.4 is 0 Å². The highest BCUT2D eigenvalue weighted by Gasteiger charge is 2.37. The van der Waals surface area contributed by atoms with Crippen LogP contribution in [0.15, 0.2) is 29.2 Å². The summed E-state index contributed by atoms with van der Waals surface area (Å²) in [6.45, 7) is 7.69. The molecule has 6 nitrogen and oxygen atoms in total. The van der Waals surface area contributed by atoms with Gasteiger partial charge in [-0.25, -0.2) is 8.42 Å². The highest BCUT2D eigenvalue weighted by molar-refractivity contribution is 7.89. The number of hydrogen-bond acceptors (Lipinski definition) is 4. The third-order valence-electron chi connectivity index (χ3n) is 5.28. The van der Waals surface area contributed by atoms with E-state index in [9.17, 15) is 13.2 Å². The van der Waals surface area contributed by atoms with Crippen molar-refractivity contribution in [1.29, 1.82) is 0 Å². The van der Waals surface area contributed by atoms with Gasteiger partial charge in [0.2, 0.25) is 15.9 Å². The van der Waals surface area contributed by atoms with Gasteiger partial charge in [-0.1, -0.05) is 17.7 Å². The van der Waals surface area contributed by atoms with E-state index in [1.54, 1.807) is 24.3 Å². The van der Waals surface area contributed by atoms with Crippen molar-refractivity contribution in [3.8, 4) is 0 Å². The van der Waals surface area contributed by atoms with Crippen molar-refractivity contribution in [2.75, 3.05) is 26.2 Å². The van der Waals surface area contributed by atoms with Crippen molar-refractivity contribution in [1.82, 2.24) is 9.21 Å². The van der Waals surface area contributed by atoms with Gasteiger partial charge in [-0.3, -0.25) is 4.79 Å². The lowest BCUT2D eigenvalue weighted by Gasteiger charge is -2.40. The molecule has 1 aromatic rings. The molecule has 2 aliphatic rings. The second-order valence-corrected chi connectivity index (χ2v) is 9.44. The number of nitrogens with zero attached hydrogens (tertiary/aromatic N) is 2. The predicted octanol–water partition coefficient (Wildman–Crippen LogP) is 2.03. The number of carbonyl (C=O) groups is 1. The van der Waals surface area contributed by atoms with E-state index in [0.717, 1.165) is 12.0 Å². The second kappa shape index (κ2) is 7.66. The van der Waals surface area contributed by atoms with Crippen LogP contribution >= 0.6 is 0 Å². The highest BCUT2D eigenvalue weighted by atomic mass is 32.2. The van der Waals surface area contributed by atoms with Crippen LogP contribution in [0, 0.1) is 12.8 Å². The Balaban J connectivity index is 1.74. The first-order chi connectivity index (χ1) is 12.3. The van der Waals surface area contributed by atoms with Crippen LogP contribution in [0.3, 0.4) is 0 Å². The number of carbonyl (C=O) groups excluding carboxylic acids is 1. The standard InChI is InChI=1S/C19H28N2O4S/c1-14-6-8-18(9-7-14)26(23,24)20-10-4-5-17(12-20)19(22)21-11-16(3)25-13-15(21)2/h6-9,15-17H,4-5,10-13H2,1-3H3. The third kappa shape index (κ3) is 3.94. The molecule has 0 bridgehead atoms. The van der Waals surface area contributed by atoms with Gasteiger partial charge in [-0.2, -0.15) is 4.31 Å². The second-order valence-electron chi connectivity index (χ2n) is 7.50. The number of morpholine rings is 1. The Labute approximate surface area is 156 Å².